The number of rotatable bonds is 6. The number of nitrogens with one attached hydrogen (secondary N) is 2. The molecule has 0 aliphatic rings. The van der Waals surface area contributed by atoms with E-state index >= 15 is 0 Å². The summed E-state index contributed by atoms with van der Waals surface area (Å²) in [5.41, 5.74) is 5.61. The van der Waals surface area contributed by atoms with Gasteiger partial charge >= 0.3 is 6.18 Å². The van der Waals surface area contributed by atoms with Gasteiger partial charge in [-0.05, 0) is 18.2 Å². The Balaban J connectivity index is 0.00000364. The number of anilines is 3. The number of nitrogens with two attached hydrogens (primary N) is 1. The van der Waals surface area contributed by atoms with Gasteiger partial charge in [0, 0.05) is 25.2 Å². The third kappa shape index (κ3) is 7.14. The number of carbonyl (C=O) groups excluding carboxylic acids is 1. The fraction of sp³-hybridized carbons (Fsp3) is 0.250. The minimum atomic E-state index is -4.52. The van der Waals surface area contributed by atoms with Gasteiger partial charge in [-0.1, -0.05) is 11.6 Å². The first kappa shape index (κ1) is 25.9. The van der Waals surface area contributed by atoms with E-state index in [9.17, 15) is 18.0 Å². The Bertz CT molecular complexity index is 807. The van der Waals surface area contributed by atoms with Crippen LogP contribution >= 0.6 is 36.4 Å². The molecule has 6 nitrogen and oxygen atoms in total. The molecule has 0 spiro atoms. The van der Waals surface area contributed by atoms with Crippen LogP contribution in [0.25, 0.3) is 0 Å². The molecule has 0 aliphatic heterocycles. The van der Waals surface area contributed by atoms with Crippen LogP contribution in [0.1, 0.15) is 12.0 Å². The smallest absolute Gasteiger partial charge is 0.417 e. The molecule has 0 atom stereocenters. The molecule has 1 aromatic heterocycles. The van der Waals surface area contributed by atoms with Crippen molar-refractivity contribution in [1.82, 2.24) is 4.98 Å². The topological polar surface area (TPSA) is 89.3 Å². The second-order valence-electron chi connectivity index (χ2n) is 5.23. The van der Waals surface area contributed by atoms with E-state index in [-0.39, 0.29) is 54.5 Å². The van der Waals surface area contributed by atoms with Gasteiger partial charge in [-0.25, -0.2) is 4.98 Å². The predicted octanol–water partition coefficient (Wildman–Crippen LogP) is 4.63. The summed E-state index contributed by atoms with van der Waals surface area (Å²) in [5.74, 6) is 0.252. The maximum atomic E-state index is 12.6. The Morgan fingerprint density at radius 1 is 1.29 bits per heavy atom. The van der Waals surface area contributed by atoms with E-state index in [2.05, 4.69) is 15.6 Å². The van der Waals surface area contributed by atoms with Crippen LogP contribution in [0.5, 0.6) is 5.75 Å². The molecule has 2 aromatic rings. The zero-order chi connectivity index (χ0) is 19.3. The average Bonchev–Trinajstić information content (AvgIpc) is 2.57. The minimum absolute atomic E-state index is 0. The number of ether oxygens (including phenoxy) is 1. The first-order valence-corrected chi connectivity index (χ1v) is 7.78. The van der Waals surface area contributed by atoms with Crippen molar-refractivity contribution in [3.63, 3.8) is 0 Å². The fourth-order valence-corrected chi connectivity index (χ4v) is 2.23. The number of aromatic nitrogens is 1. The number of carbonyl (C=O) groups is 1. The predicted molar refractivity (Wildman–Crippen MR) is 108 cm³/mol. The fourth-order valence-electron chi connectivity index (χ4n) is 2.00. The van der Waals surface area contributed by atoms with Crippen molar-refractivity contribution in [3.05, 3.63) is 41.0 Å². The summed E-state index contributed by atoms with van der Waals surface area (Å²) >= 11 is 5.78. The lowest BCUT2D eigenvalue weighted by atomic mass is 10.2. The lowest BCUT2D eigenvalue weighted by Gasteiger charge is -2.12. The van der Waals surface area contributed by atoms with Crippen LogP contribution in [0.4, 0.5) is 30.4 Å². The highest BCUT2D eigenvalue weighted by atomic mass is 35.5. The molecule has 1 amide bonds. The first-order chi connectivity index (χ1) is 12.2. The van der Waals surface area contributed by atoms with E-state index in [1.165, 1.54) is 7.11 Å². The Morgan fingerprint density at radius 2 is 1.96 bits per heavy atom. The molecule has 2 rings (SSSR count). The Labute approximate surface area is 176 Å². The zero-order valence-corrected chi connectivity index (χ0v) is 16.9. The number of alkyl halides is 3. The van der Waals surface area contributed by atoms with E-state index in [0.717, 1.165) is 6.07 Å². The molecule has 0 radical (unpaired) electrons. The molecule has 28 heavy (non-hydrogen) atoms. The molecule has 1 aromatic carbocycles. The SMILES string of the molecule is COc1ccc(N)c(NC(=O)CCNc2ncc(C(F)(F)F)cc2Cl)c1.Cl.Cl. The molecule has 0 aliphatic carbocycles. The van der Waals surface area contributed by atoms with Gasteiger partial charge in [0.05, 0.1) is 29.1 Å². The summed E-state index contributed by atoms with van der Waals surface area (Å²) in [5, 5.41) is 5.16. The van der Waals surface area contributed by atoms with Crippen molar-refractivity contribution in [1.29, 1.82) is 0 Å². The molecule has 0 saturated carbocycles. The molecule has 0 unspecified atom stereocenters. The van der Waals surface area contributed by atoms with Crippen LogP contribution in [0.15, 0.2) is 30.5 Å². The number of hydrogen-bond acceptors (Lipinski definition) is 5. The number of benzene rings is 1. The van der Waals surface area contributed by atoms with E-state index in [1.807, 2.05) is 0 Å². The van der Waals surface area contributed by atoms with Crippen LogP contribution in [0.3, 0.4) is 0 Å². The number of nitrogen functional groups attached to an aromatic ring is 1. The summed E-state index contributed by atoms with van der Waals surface area (Å²) in [6, 6.07) is 5.60. The Kier molecular flexibility index (Phi) is 10.2. The van der Waals surface area contributed by atoms with E-state index in [1.54, 1.807) is 18.2 Å². The quantitative estimate of drug-likeness (QED) is 0.546. The van der Waals surface area contributed by atoms with Crippen molar-refractivity contribution in [2.24, 2.45) is 0 Å². The highest BCUT2D eigenvalue weighted by molar-refractivity contribution is 6.33. The zero-order valence-electron chi connectivity index (χ0n) is 14.5. The standard InChI is InChI=1S/C16H16ClF3N4O2.2ClH/c1-26-10-2-3-12(21)13(7-10)24-14(25)4-5-22-15-11(17)6-9(8-23-15)16(18,19)20;;/h2-3,6-8H,4-5,21H2,1H3,(H,22,23)(H,24,25);2*1H. The monoisotopic (exact) mass is 460 g/mol. The van der Waals surface area contributed by atoms with Crippen LogP contribution in [0, 0.1) is 0 Å². The molecular weight excluding hydrogens is 444 g/mol. The van der Waals surface area contributed by atoms with Crippen LogP contribution in [-0.4, -0.2) is 24.5 Å². The number of pyridine rings is 1. The van der Waals surface area contributed by atoms with Crippen molar-refractivity contribution < 1.29 is 22.7 Å². The summed E-state index contributed by atoms with van der Waals surface area (Å²) < 4.78 is 42.7. The summed E-state index contributed by atoms with van der Waals surface area (Å²) in [6.07, 6.45) is -3.83. The highest BCUT2D eigenvalue weighted by Crippen LogP contribution is 2.32. The van der Waals surface area contributed by atoms with Crippen molar-refractivity contribution in [3.8, 4) is 5.75 Å². The van der Waals surface area contributed by atoms with Gasteiger partial charge in [0.15, 0.2) is 0 Å². The van der Waals surface area contributed by atoms with Gasteiger partial charge in [-0.15, -0.1) is 24.8 Å². The minimum Gasteiger partial charge on any atom is -0.497 e. The second kappa shape index (κ2) is 11.0. The Morgan fingerprint density at radius 3 is 2.54 bits per heavy atom. The molecule has 0 fully saturated rings. The van der Waals surface area contributed by atoms with Gasteiger partial charge < -0.3 is 21.1 Å². The number of nitrogens with zero attached hydrogens (tertiary/aromatic N) is 1. The van der Waals surface area contributed by atoms with Gasteiger partial charge in [0.2, 0.25) is 5.91 Å². The average molecular weight is 462 g/mol. The Hall–Kier alpha value is -2.10. The summed E-state index contributed by atoms with van der Waals surface area (Å²) in [4.78, 5) is 15.6. The molecule has 4 N–H and O–H groups in total. The van der Waals surface area contributed by atoms with Crippen molar-refractivity contribution >= 4 is 59.5 Å². The largest absolute Gasteiger partial charge is 0.497 e. The summed E-state index contributed by atoms with van der Waals surface area (Å²) in [6.45, 7) is 0.119. The van der Waals surface area contributed by atoms with E-state index in [4.69, 9.17) is 22.1 Å². The molecule has 0 saturated heterocycles. The van der Waals surface area contributed by atoms with Gasteiger partial charge in [-0.2, -0.15) is 13.2 Å². The van der Waals surface area contributed by atoms with Gasteiger partial charge in [-0.3, -0.25) is 4.79 Å². The normalized spacial score (nSPS) is 10.3. The third-order valence-corrected chi connectivity index (χ3v) is 3.64. The maximum absolute atomic E-state index is 12.6. The molecule has 0 bridgehead atoms. The molecule has 12 heteroatoms. The summed E-state index contributed by atoms with van der Waals surface area (Å²) in [7, 11) is 1.49. The van der Waals surface area contributed by atoms with Crippen molar-refractivity contribution in [2.45, 2.75) is 12.6 Å². The lowest BCUT2D eigenvalue weighted by molar-refractivity contribution is -0.137. The second-order valence-corrected chi connectivity index (χ2v) is 5.64. The maximum Gasteiger partial charge on any atom is 0.417 e. The third-order valence-electron chi connectivity index (χ3n) is 3.35. The van der Waals surface area contributed by atoms with Crippen LogP contribution in [0.2, 0.25) is 5.02 Å². The van der Waals surface area contributed by atoms with Crippen LogP contribution in [-0.2, 0) is 11.0 Å². The number of halogens is 6. The first-order valence-electron chi connectivity index (χ1n) is 7.40. The van der Waals surface area contributed by atoms with Crippen molar-refractivity contribution in [2.75, 3.05) is 30.0 Å². The van der Waals surface area contributed by atoms with Gasteiger partial charge in [0.1, 0.15) is 11.6 Å². The lowest BCUT2D eigenvalue weighted by Crippen LogP contribution is -2.17. The van der Waals surface area contributed by atoms with Gasteiger partial charge in [0.25, 0.3) is 0 Å². The molecular formula is C16H18Cl3F3N4O2. The number of amides is 1. The molecule has 1 heterocycles. The molecule has 156 valence electrons. The van der Waals surface area contributed by atoms with Crippen LogP contribution < -0.4 is 21.1 Å². The number of hydrogen-bond donors (Lipinski definition) is 3. The van der Waals surface area contributed by atoms with E-state index < -0.39 is 11.7 Å². The highest BCUT2D eigenvalue weighted by Gasteiger charge is 2.31. The number of methoxy groups -OCH3 is 1. The van der Waals surface area contributed by atoms with E-state index in [0.29, 0.717) is 23.3 Å².